The van der Waals surface area contributed by atoms with Gasteiger partial charge in [0.15, 0.2) is 11.5 Å². The second-order valence-corrected chi connectivity index (χ2v) is 5.54. The van der Waals surface area contributed by atoms with Gasteiger partial charge in [-0.15, -0.1) is 11.8 Å². The summed E-state index contributed by atoms with van der Waals surface area (Å²) in [5, 5.41) is 0.360. The number of hydrogen-bond donors (Lipinski definition) is 0. The van der Waals surface area contributed by atoms with E-state index in [9.17, 15) is 4.79 Å². The molecule has 0 fully saturated rings. The van der Waals surface area contributed by atoms with Gasteiger partial charge in [0.1, 0.15) is 5.75 Å². The van der Waals surface area contributed by atoms with Crippen molar-refractivity contribution in [3.05, 3.63) is 47.0 Å². The summed E-state index contributed by atoms with van der Waals surface area (Å²) in [5.74, 6) is 1.08. The molecule has 0 bridgehead atoms. The molecule has 6 heteroatoms. The zero-order valence-corrected chi connectivity index (χ0v) is 12.7. The monoisotopic (exact) mass is 322 g/mol. The molecular weight excluding hydrogens is 312 g/mol. The average molecular weight is 323 g/mol. The number of carbonyl (C=O) groups excluding carboxylic acids is 1. The quantitative estimate of drug-likeness (QED) is 0.485. The van der Waals surface area contributed by atoms with Crippen LogP contribution in [0.3, 0.4) is 0 Å². The molecule has 1 heterocycles. The molecule has 2 aromatic rings. The molecule has 0 aliphatic carbocycles. The SMILES string of the molecule is CSc1ccc(Cl)c(C(=O)Oc2ccc3c(c2)OCO3)c1. The van der Waals surface area contributed by atoms with Gasteiger partial charge in [0.05, 0.1) is 10.6 Å². The van der Waals surface area contributed by atoms with E-state index in [2.05, 4.69) is 0 Å². The summed E-state index contributed by atoms with van der Waals surface area (Å²) in [5.41, 5.74) is 0.334. The molecule has 21 heavy (non-hydrogen) atoms. The van der Waals surface area contributed by atoms with Gasteiger partial charge in [-0.25, -0.2) is 4.79 Å². The van der Waals surface area contributed by atoms with E-state index in [1.807, 2.05) is 12.3 Å². The van der Waals surface area contributed by atoms with E-state index in [4.69, 9.17) is 25.8 Å². The molecule has 2 aromatic carbocycles. The maximum absolute atomic E-state index is 12.2. The molecule has 0 radical (unpaired) electrons. The Hall–Kier alpha value is -1.85. The molecule has 1 aliphatic heterocycles. The van der Waals surface area contributed by atoms with Crippen LogP contribution in [0.15, 0.2) is 41.3 Å². The lowest BCUT2D eigenvalue weighted by atomic mass is 10.2. The Kier molecular flexibility index (Phi) is 3.94. The number of carbonyl (C=O) groups is 1. The largest absolute Gasteiger partial charge is 0.454 e. The van der Waals surface area contributed by atoms with Crippen LogP contribution in [0.1, 0.15) is 10.4 Å². The minimum atomic E-state index is -0.505. The van der Waals surface area contributed by atoms with Crippen LogP contribution in [0.4, 0.5) is 0 Å². The van der Waals surface area contributed by atoms with Crippen LogP contribution in [0.25, 0.3) is 0 Å². The van der Waals surface area contributed by atoms with Gasteiger partial charge in [-0.3, -0.25) is 0 Å². The van der Waals surface area contributed by atoms with E-state index in [0.29, 0.717) is 27.8 Å². The molecular formula is C15H11ClO4S. The number of halogens is 1. The van der Waals surface area contributed by atoms with Crippen LogP contribution in [-0.4, -0.2) is 19.0 Å². The molecule has 0 amide bonds. The van der Waals surface area contributed by atoms with Gasteiger partial charge in [-0.2, -0.15) is 0 Å². The van der Waals surface area contributed by atoms with Crippen molar-refractivity contribution in [2.75, 3.05) is 13.0 Å². The van der Waals surface area contributed by atoms with Crippen LogP contribution >= 0.6 is 23.4 Å². The van der Waals surface area contributed by atoms with E-state index in [0.717, 1.165) is 4.90 Å². The first kappa shape index (κ1) is 14.1. The highest BCUT2D eigenvalue weighted by atomic mass is 35.5. The van der Waals surface area contributed by atoms with Crippen molar-refractivity contribution in [3.63, 3.8) is 0 Å². The Morgan fingerprint density at radius 2 is 2.00 bits per heavy atom. The summed E-state index contributed by atoms with van der Waals surface area (Å²) in [4.78, 5) is 13.2. The molecule has 0 saturated carbocycles. The van der Waals surface area contributed by atoms with E-state index >= 15 is 0 Å². The van der Waals surface area contributed by atoms with Crippen LogP contribution in [0.5, 0.6) is 17.2 Å². The average Bonchev–Trinajstić information content (AvgIpc) is 2.95. The molecule has 0 atom stereocenters. The minimum absolute atomic E-state index is 0.175. The highest BCUT2D eigenvalue weighted by Gasteiger charge is 2.17. The van der Waals surface area contributed by atoms with Gasteiger partial charge < -0.3 is 14.2 Å². The van der Waals surface area contributed by atoms with E-state index < -0.39 is 5.97 Å². The lowest BCUT2D eigenvalue weighted by Gasteiger charge is -2.07. The fourth-order valence-electron chi connectivity index (χ4n) is 1.89. The summed E-state index contributed by atoms with van der Waals surface area (Å²) in [6.07, 6.45) is 1.93. The zero-order chi connectivity index (χ0) is 14.8. The Morgan fingerprint density at radius 1 is 1.19 bits per heavy atom. The van der Waals surface area contributed by atoms with Crippen molar-refractivity contribution >= 4 is 29.3 Å². The molecule has 0 saturated heterocycles. The van der Waals surface area contributed by atoms with Crippen LogP contribution < -0.4 is 14.2 Å². The Morgan fingerprint density at radius 3 is 2.81 bits per heavy atom. The van der Waals surface area contributed by atoms with Gasteiger partial charge in [-0.1, -0.05) is 11.6 Å². The van der Waals surface area contributed by atoms with Gasteiger partial charge in [0, 0.05) is 11.0 Å². The van der Waals surface area contributed by atoms with Gasteiger partial charge >= 0.3 is 5.97 Å². The van der Waals surface area contributed by atoms with Crippen LogP contribution in [0.2, 0.25) is 5.02 Å². The maximum atomic E-state index is 12.2. The molecule has 0 unspecified atom stereocenters. The number of ether oxygens (including phenoxy) is 3. The van der Waals surface area contributed by atoms with Crippen molar-refractivity contribution in [1.29, 1.82) is 0 Å². The highest BCUT2D eigenvalue weighted by Crippen LogP contribution is 2.35. The second kappa shape index (κ2) is 5.87. The molecule has 0 N–H and O–H groups in total. The second-order valence-electron chi connectivity index (χ2n) is 4.25. The van der Waals surface area contributed by atoms with Crippen molar-refractivity contribution in [1.82, 2.24) is 0 Å². The Bertz CT molecular complexity index is 702. The zero-order valence-electron chi connectivity index (χ0n) is 11.1. The number of hydrogen-bond acceptors (Lipinski definition) is 5. The number of benzene rings is 2. The summed E-state index contributed by atoms with van der Waals surface area (Å²) in [6, 6.07) is 10.2. The summed E-state index contributed by atoms with van der Waals surface area (Å²) >= 11 is 7.58. The van der Waals surface area contributed by atoms with Crippen LogP contribution in [-0.2, 0) is 0 Å². The third kappa shape index (κ3) is 2.94. The summed E-state index contributed by atoms with van der Waals surface area (Å²) in [7, 11) is 0. The fourth-order valence-corrected chi connectivity index (χ4v) is 2.52. The van der Waals surface area contributed by atoms with Crippen molar-refractivity contribution in [2.45, 2.75) is 4.90 Å². The lowest BCUT2D eigenvalue weighted by Crippen LogP contribution is -2.09. The first-order chi connectivity index (χ1) is 10.2. The smallest absolute Gasteiger partial charge is 0.345 e. The number of rotatable bonds is 3. The van der Waals surface area contributed by atoms with Crippen molar-refractivity contribution < 1.29 is 19.0 Å². The summed E-state index contributed by atoms with van der Waals surface area (Å²) < 4.78 is 15.8. The van der Waals surface area contributed by atoms with E-state index in [1.54, 1.807) is 30.3 Å². The predicted molar refractivity (Wildman–Crippen MR) is 80.8 cm³/mol. The molecule has 0 aromatic heterocycles. The van der Waals surface area contributed by atoms with Gasteiger partial charge in [0.25, 0.3) is 0 Å². The third-order valence-corrected chi connectivity index (χ3v) is 4.00. The molecule has 108 valence electrons. The highest BCUT2D eigenvalue weighted by molar-refractivity contribution is 7.98. The predicted octanol–water partition coefficient (Wildman–Crippen LogP) is 4.01. The molecule has 4 nitrogen and oxygen atoms in total. The lowest BCUT2D eigenvalue weighted by molar-refractivity contribution is 0.0734. The number of fused-ring (bicyclic) bond motifs is 1. The Labute approximate surface area is 131 Å². The molecule has 3 rings (SSSR count). The Balaban J connectivity index is 1.83. The topological polar surface area (TPSA) is 44.8 Å². The van der Waals surface area contributed by atoms with Crippen molar-refractivity contribution in [3.8, 4) is 17.2 Å². The van der Waals surface area contributed by atoms with Crippen molar-refractivity contribution in [2.24, 2.45) is 0 Å². The summed E-state index contributed by atoms with van der Waals surface area (Å²) in [6.45, 7) is 0.175. The standard InChI is InChI=1S/C15H11ClO4S/c1-21-10-3-4-12(16)11(7-10)15(17)20-9-2-5-13-14(6-9)19-8-18-13/h2-7H,8H2,1H3. The minimum Gasteiger partial charge on any atom is -0.454 e. The first-order valence-corrected chi connectivity index (χ1v) is 7.73. The van der Waals surface area contributed by atoms with E-state index in [-0.39, 0.29) is 6.79 Å². The first-order valence-electron chi connectivity index (χ1n) is 6.13. The number of thioether (sulfide) groups is 1. The third-order valence-electron chi connectivity index (χ3n) is 2.95. The molecule has 0 spiro atoms. The maximum Gasteiger partial charge on any atom is 0.345 e. The number of esters is 1. The van der Waals surface area contributed by atoms with Crippen LogP contribution in [0, 0.1) is 0 Å². The van der Waals surface area contributed by atoms with E-state index in [1.165, 1.54) is 11.8 Å². The normalized spacial score (nSPS) is 12.3. The van der Waals surface area contributed by atoms with Gasteiger partial charge in [0.2, 0.25) is 6.79 Å². The van der Waals surface area contributed by atoms with Gasteiger partial charge in [-0.05, 0) is 36.6 Å². The fraction of sp³-hybridized carbons (Fsp3) is 0.133. The molecule has 1 aliphatic rings.